The summed E-state index contributed by atoms with van der Waals surface area (Å²) < 4.78 is 4.63. The van der Waals surface area contributed by atoms with E-state index < -0.39 is 0 Å². The SMILES string of the molecule is CN(C(=O)c1ccon1)c1ccccc1C(N)=NO. The zero-order valence-corrected chi connectivity index (χ0v) is 10.1. The molecule has 0 saturated heterocycles. The average Bonchev–Trinajstić information content (AvgIpc) is 2.99. The van der Waals surface area contributed by atoms with Gasteiger partial charge in [0.05, 0.1) is 5.69 Å². The third-order valence-electron chi connectivity index (χ3n) is 2.61. The Kier molecular flexibility index (Phi) is 3.46. The maximum absolute atomic E-state index is 12.1. The van der Waals surface area contributed by atoms with Crippen molar-refractivity contribution in [3.05, 3.63) is 47.9 Å². The van der Waals surface area contributed by atoms with Crippen LogP contribution in [-0.2, 0) is 0 Å². The van der Waals surface area contributed by atoms with E-state index >= 15 is 0 Å². The van der Waals surface area contributed by atoms with Crippen LogP contribution in [0.1, 0.15) is 16.1 Å². The Bertz CT molecular complexity index is 607. The fourth-order valence-corrected chi connectivity index (χ4v) is 1.64. The number of nitrogens with zero attached hydrogens (tertiary/aromatic N) is 3. The lowest BCUT2D eigenvalue weighted by molar-refractivity contribution is 0.0984. The molecular formula is C12H12N4O3. The van der Waals surface area contributed by atoms with Gasteiger partial charge >= 0.3 is 0 Å². The Hall–Kier alpha value is -2.83. The van der Waals surface area contributed by atoms with E-state index in [4.69, 9.17) is 10.9 Å². The molecule has 0 unspecified atom stereocenters. The normalized spacial score (nSPS) is 11.3. The maximum Gasteiger partial charge on any atom is 0.280 e. The second-order valence-electron chi connectivity index (χ2n) is 3.75. The molecule has 3 N–H and O–H groups in total. The number of hydrogen-bond acceptors (Lipinski definition) is 5. The van der Waals surface area contributed by atoms with Crippen LogP contribution in [0.4, 0.5) is 5.69 Å². The third kappa shape index (κ3) is 2.39. The summed E-state index contributed by atoms with van der Waals surface area (Å²) in [6.45, 7) is 0. The molecule has 0 saturated carbocycles. The second kappa shape index (κ2) is 5.21. The number of benzene rings is 1. The van der Waals surface area contributed by atoms with Crippen LogP contribution in [0, 0.1) is 0 Å². The number of oxime groups is 1. The highest BCUT2D eigenvalue weighted by atomic mass is 16.5. The summed E-state index contributed by atoms with van der Waals surface area (Å²) in [5.41, 5.74) is 6.71. The monoisotopic (exact) mass is 260 g/mol. The van der Waals surface area contributed by atoms with Crippen LogP contribution in [0.5, 0.6) is 0 Å². The molecule has 0 aliphatic carbocycles. The first-order valence-electron chi connectivity index (χ1n) is 5.40. The van der Waals surface area contributed by atoms with Gasteiger partial charge in [-0.25, -0.2) is 0 Å². The highest BCUT2D eigenvalue weighted by Crippen LogP contribution is 2.20. The van der Waals surface area contributed by atoms with Crippen molar-refractivity contribution in [2.75, 3.05) is 11.9 Å². The summed E-state index contributed by atoms with van der Waals surface area (Å²) in [7, 11) is 1.57. The topological polar surface area (TPSA) is 105 Å². The summed E-state index contributed by atoms with van der Waals surface area (Å²) in [4.78, 5) is 13.5. The second-order valence-corrected chi connectivity index (χ2v) is 3.75. The summed E-state index contributed by atoms with van der Waals surface area (Å²) in [6.07, 6.45) is 1.32. The number of carbonyl (C=O) groups is 1. The third-order valence-corrected chi connectivity index (χ3v) is 2.61. The lowest BCUT2D eigenvalue weighted by atomic mass is 10.1. The fourth-order valence-electron chi connectivity index (χ4n) is 1.64. The van der Waals surface area contributed by atoms with Gasteiger partial charge in [-0.15, -0.1) is 0 Å². The number of amides is 1. The fraction of sp³-hybridized carbons (Fsp3) is 0.0833. The van der Waals surface area contributed by atoms with Crippen LogP contribution in [0.3, 0.4) is 0 Å². The van der Waals surface area contributed by atoms with Crippen LogP contribution in [0.2, 0.25) is 0 Å². The van der Waals surface area contributed by atoms with Crippen molar-refractivity contribution >= 4 is 17.4 Å². The minimum Gasteiger partial charge on any atom is -0.409 e. The van der Waals surface area contributed by atoms with Crippen LogP contribution in [0.15, 0.2) is 46.3 Å². The quantitative estimate of drug-likeness (QED) is 0.371. The van der Waals surface area contributed by atoms with Gasteiger partial charge in [0.2, 0.25) is 0 Å². The molecule has 0 atom stereocenters. The van der Waals surface area contributed by atoms with E-state index in [2.05, 4.69) is 14.8 Å². The molecule has 0 aliphatic rings. The first-order valence-corrected chi connectivity index (χ1v) is 5.40. The lowest BCUT2D eigenvalue weighted by Crippen LogP contribution is -2.29. The molecule has 1 heterocycles. The van der Waals surface area contributed by atoms with Gasteiger partial charge in [0, 0.05) is 18.7 Å². The molecule has 7 heteroatoms. The van der Waals surface area contributed by atoms with Crippen molar-refractivity contribution in [1.82, 2.24) is 5.16 Å². The van der Waals surface area contributed by atoms with E-state index in [0.717, 1.165) is 0 Å². The molecule has 1 amide bonds. The van der Waals surface area contributed by atoms with Gasteiger partial charge in [0.1, 0.15) is 6.26 Å². The van der Waals surface area contributed by atoms with Crippen molar-refractivity contribution in [3.63, 3.8) is 0 Å². The Labute approximate surface area is 108 Å². The molecule has 98 valence electrons. The van der Waals surface area contributed by atoms with Gasteiger partial charge in [0.15, 0.2) is 11.5 Å². The van der Waals surface area contributed by atoms with Crippen molar-refractivity contribution in [3.8, 4) is 0 Å². The zero-order chi connectivity index (χ0) is 13.8. The summed E-state index contributed by atoms with van der Waals surface area (Å²) in [5.74, 6) is -0.428. The molecule has 0 radical (unpaired) electrons. The molecule has 7 nitrogen and oxygen atoms in total. The lowest BCUT2D eigenvalue weighted by Gasteiger charge is -2.18. The van der Waals surface area contributed by atoms with Crippen LogP contribution in [0.25, 0.3) is 0 Å². The minimum absolute atomic E-state index is 0.0737. The first-order chi connectivity index (χ1) is 9.15. The van der Waals surface area contributed by atoms with E-state index in [1.54, 1.807) is 31.3 Å². The van der Waals surface area contributed by atoms with E-state index in [1.165, 1.54) is 17.2 Å². The van der Waals surface area contributed by atoms with Gasteiger partial charge in [-0.2, -0.15) is 0 Å². The Morgan fingerprint density at radius 3 is 2.79 bits per heavy atom. The molecule has 1 aromatic carbocycles. The molecule has 0 fully saturated rings. The Balaban J connectivity index is 2.39. The highest BCUT2D eigenvalue weighted by Gasteiger charge is 2.19. The molecule has 2 rings (SSSR count). The molecular weight excluding hydrogens is 248 g/mol. The van der Waals surface area contributed by atoms with Gasteiger partial charge < -0.3 is 20.4 Å². The zero-order valence-electron chi connectivity index (χ0n) is 10.1. The van der Waals surface area contributed by atoms with Crippen molar-refractivity contribution in [1.29, 1.82) is 0 Å². The number of amidine groups is 1. The minimum atomic E-state index is -0.355. The Morgan fingerprint density at radius 2 is 2.16 bits per heavy atom. The molecule has 1 aromatic heterocycles. The number of anilines is 1. The number of carbonyl (C=O) groups excluding carboxylic acids is 1. The van der Waals surface area contributed by atoms with Gasteiger partial charge in [-0.3, -0.25) is 4.79 Å². The largest absolute Gasteiger partial charge is 0.409 e. The summed E-state index contributed by atoms with van der Waals surface area (Å²) in [5, 5.41) is 15.3. The van der Waals surface area contributed by atoms with Crippen LogP contribution >= 0.6 is 0 Å². The van der Waals surface area contributed by atoms with E-state index in [9.17, 15) is 4.79 Å². The van der Waals surface area contributed by atoms with Gasteiger partial charge in [-0.05, 0) is 12.1 Å². The van der Waals surface area contributed by atoms with Crippen molar-refractivity contribution in [2.24, 2.45) is 10.9 Å². The van der Waals surface area contributed by atoms with E-state index in [0.29, 0.717) is 11.3 Å². The van der Waals surface area contributed by atoms with E-state index in [1.807, 2.05) is 0 Å². The number of rotatable bonds is 3. The number of aromatic nitrogens is 1. The number of para-hydroxylation sites is 1. The standard InChI is InChI=1S/C12H12N4O3/c1-16(12(17)9-6-7-19-15-9)10-5-3-2-4-8(10)11(13)14-18/h2-7,18H,1H3,(H2,13,14). The Morgan fingerprint density at radius 1 is 1.42 bits per heavy atom. The van der Waals surface area contributed by atoms with Crippen LogP contribution < -0.4 is 10.6 Å². The maximum atomic E-state index is 12.1. The predicted octanol–water partition coefficient (Wildman–Crippen LogP) is 1.05. The number of nitrogens with two attached hydrogens (primary N) is 1. The first kappa shape index (κ1) is 12.6. The highest BCUT2D eigenvalue weighted by molar-refractivity contribution is 6.10. The van der Waals surface area contributed by atoms with Crippen molar-refractivity contribution in [2.45, 2.75) is 0 Å². The van der Waals surface area contributed by atoms with Crippen LogP contribution in [-0.4, -0.2) is 29.2 Å². The van der Waals surface area contributed by atoms with Gasteiger partial charge in [0.25, 0.3) is 5.91 Å². The molecule has 2 aromatic rings. The van der Waals surface area contributed by atoms with Crippen molar-refractivity contribution < 1.29 is 14.5 Å². The van der Waals surface area contributed by atoms with Gasteiger partial charge in [-0.1, -0.05) is 22.4 Å². The molecule has 0 aliphatic heterocycles. The summed E-state index contributed by atoms with van der Waals surface area (Å²) >= 11 is 0. The average molecular weight is 260 g/mol. The predicted molar refractivity (Wildman–Crippen MR) is 68.2 cm³/mol. The summed E-state index contributed by atoms with van der Waals surface area (Å²) in [6, 6.07) is 8.27. The molecule has 0 bridgehead atoms. The van der Waals surface area contributed by atoms with E-state index in [-0.39, 0.29) is 17.4 Å². The smallest absolute Gasteiger partial charge is 0.280 e. The molecule has 19 heavy (non-hydrogen) atoms. The number of hydrogen-bond donors (Lipinski definition) is 2. The molecule has 0 spiro atoms.